The molecule has 1 amide bonds. The molecule has 0 radical (unpaired) electrons. The molecular formula is C13H17ClN2O2. The highest BCUT2D eigenvalue weighted by atomic mass is 35.5. The van der Waals surface area contributed by atoms with Crippen molar-refractivity contribution in [3.8, 4) is 0 Å². The fourth-order valence-corrected chi connectivity index (χ4v) is 1.95. The van der Waals surface area contributed by atoms with Crippen molar-refractivity contribution in [2.75, 3.05) is 26.7 Å². The van der Waals surface area contributed by atoms with Gasteiger partial charge in [-0.25, -0.2) is 0 Å². The molecule has 1 aliphatic rings. The largest absolute Gasteiger partial charge is 0.375 e. The Bertz CT molecular complexity index is 404. The third-order valence-electron chi connectivity index (χ3n) is 3.14. The predicted molar refractivity (Wildman–Crippen MR) is 70.6 cm³/mol. The molecule has 1 aliphatic heterocycles. The zero-order chi connectivity index (χ0) is 13.0. The fourth-order valence-electron chi connectivity index (χ4n) is 1.83. The van der Waals surface area contributed by atoms with Gasteiger partial charge >= 0.3 is 0 Å². The monoisotopic (exact) mass is 268 g/mol. The Kier molecular flexibility index (Phi) is 4.58. The number of carbonyl (C=O) groups excluding carboxylic acids is 1. The number of amides is 1. The number of nitrogens with one attached hydrogen (secondary N) is 2. The van der Waals surface area contributed by atoms with Gasteiger partial charge in [0.15, 0.2) is 0 Å². The van der Waals surface area contributed by atoms with E-state index >= 15 is 0 Å². The highest BCUT2D eigenvalue weighted by Gasteiger charge is 2.25. The van der Waals surface area contributed by atoms with E-state index in [9.17, 15) is 4.79 Å². The summed E-state index contributed by atoms with van der Waals surface area (Å²) in [6.45, 7) is 2.02. The van der Waals surface area contributed by atoms with Gasteiger partial charge in [-0.3, -0.25) is 4.79 Å². The van der Waals surface area contributed by atoms with Crippen LogP contribution in [-0.4, -0.2) is 32.7 Å². The van der Waals surface area contributed by atoms with Crippen molar-refractivity contribution >= 4 is 17.5 Å². The molecule has 98 valence electrons. The summed E-state index contributed by atoms with van der Waals surface area (Å²) in [4.78, 5) is 11.7. The maximum Gasteiger partial charge on any atom is 0.225 e. The van der Waals surface area contributed by atoms with Crippen LogP contribution in [0.25, 0.3) is 0 Å². The molecule has 0 aromatic heterocycles. The van der Waals surface area contributed by atoms with Gasteiger partial charge in [0.1, 0.15) is 0 Å². The molecule has 5 heteroatoms. The minimum absolute atomic E-state index is 0.0877. The first-order valence-corrected chi connectivity index (χ1v) is 6.35. The Hall–Kier alpha value is -1.10. The zero-order valence-corrected chi connectivity index (χ0v) is 11.0. The lowest BCUT2D eigenvalue weighted by Crippen LogP contribution is -2.51. The van der Waals surface area contributed by atoms with Gasteiger partial charge in [0.05, 0.1) is 12.0 Å². The molecular weight excluding hydrogens is 252 g/mol. The van der Waals surface area contributed by atoms with Gasteiger partial charge < -0.3 is 15.4 Å². The molecule has 0 bridgehead atoms. The van der Waals surface area contributed by atoms with Gasteiger partial charge in [0.2, 0.25) is 5.91 Å². The van der Waals surface area contributed by atoms with Crippen LogP contribution in [-0.2, 0) is 9.53 Å². The Morgan fingerprint density at radius 2 is 2.17 bits per heavy atom. The van der Waals surface area contributed by atoms with E-state index < -0.39 is 0 Å². The summed E-state index contributed by atoms with van der Waals surface area (Å²) in [5.41, 5.74) is 1.01. The van der Waals surface area contributed by atoms with Crippen LogP contribution in [0.3, 0.4) is 0 Å². The van der Waals surface area contributed by atoms with Crippen molar-refractivity contribution in [3.63, 3.8) is 0 Å². The van der Waals surface area contributed by atoms with E-state index in [0.29, 0.717) is 11.6 Å². The first-order valence-electron chi connectivity index (χ1n) is 5.97. The quantitative estimate of drug-likeness (QED) is 0.848. The second kappa shape index (κ2) is 6.18. The third kappa shape index (κ3) is 3.22. The normalized spacial score (nSPS) is 17.0. The highest BCUT2D eigenvalue weighted by Crippen LogP contribution is 2.18. The summed E-state index contributed by atoms with van der Waals surface area (Å²) >= 11 is 5.84. The topological polar surface area (TPSA) is 50.4 Å². The van der Waals surface area contributed by atoms with Gasteiger partial charge in [-0.15, -0.1) is 0 Å². The molecule has 2 rings (SSSR count). The van der Waals surface area contributed by atoms with Crippen LogP contribution in [0.1, 0.15) is 11.7 Å². The van der Waals surface area contributed by atoms with E-state index in [1.165, 1.54) is 0 Å². The number of methoxy groups -OCH3 is 1. The molecule has 1 atom stereocenters. The van der Waals surface area contributed by atoms with E-state index in [4.69, 9.17) is 16.3 Å². The third-order valence-corrected chi connectivity index (χ3v) is 3.39. The number of halogens is 1. The van der Waals surface area contributed by atoms with Crippen LogP contribution in [0.2, 0.25) is 5.02 Å². The summed E-state index contributed by atoms with van der Waals surface area (Å²) in [5, 5.41) is 6.68. The Balaban J connectivity index is 1.88. The summed E-state index contributed by atoms with van der Waals surface area (Å²) in [6.07, 6.45) is -0.140. The van der Waals surface area contributed by atoms with Crippen LogP contribution in [0.4, 0.5) is 0 Å². The van der Waals surface area contributed by atoms with Crippen LogP contribution in [0.5, 0.6) is 0 Å². The van der Waals surface area contributed by atoms with Crippen LogP contribution in [0, 0.1) is 5.92 Å². The van der Waals surface area contributed by atoms with Crippen molar-refractivity contribution < 1.29 is 9.53 Å². The van der Waals surface area contributed by atoms with Gasteiger partial charge in [0, 0.05) is 31.8 Å². The van der Waals surface area contributed by atoms with Crippen molar-refractivity contribution in [1.29, 1.82) is 0 Å². The number of ether oxygens (including phenoxy) is 1. The molecule has 2 N–H and O–H groups in total. The Morgan fingerprint density at radius 1 is 1.50 bits per heavy atom. The number of hydrogen-bond acceptors (Lipinski definition) is 3. The lowest BCUT2D eigenvalue weighted by molar-refractivity contribution is -0.127. The molecule has 1 fully saturated rings. The summed E-state index contributed by atoms with van der Waals surface area (Å²) in [5.74, 6) is 0.192. The fraction of sp³-hybridized carbons (Fsp3) is 0.462. The molecule has 1 aromatic rings. The summed E-state index contributed by atoms with van der Waals surface area (Å²) in [7, 11) is 1.64. The molecule has 1 saturated heterocycles. The van der Waals surface area contributed by atoms with E-state index in [2.05, 4.69) is 10.6 Å². The van der Waals surface area contributed by atoms with Gasteiger partial charge in [-0.2, -0.15) is 0 Å². The molecule has 18 heavy (non-hydrogen) atoms. The number of rotatable bonds is 5. The minimum atomic E-state index is -0.140. The average Bonchev–Trinajstić information content (AvgIpc) is 2.30. The second-order valence-electron chi connectivity index (χ2n) is 4.38. The van der Waals surface area contributed by atoms with E-state index in [1.807, 2.05) is 24.3 Å². The highest BCUT2D eigenvalue weighted by molar-refractivity contribution is 6.30. The van der Waals surface area contributed by atoms with Crippen LogP contribution in [0.15, 0.2) is 24.3 Å². The Morgan fingerprint density at radius 3 is 2.67 bits per heavy atom. The molecule has 1 aromatic carbocycles. The van der Waals surface area contributed by atoms with Crippen LogP contribution < -0.4 is 10.6 Å². The Labute approximate surface area is 112 Å². The van der Waals surface area contributed by atoms with Crippen molar-refractivity contribution in [2.24, 2.45) is 5.92 Å². The number of benzene rings is 1. The maximum absolute atomic E-state index is 11.7. The first-order chi connectivity index (χ1) is 8.70. The van der Waals surface area contributed by atoms with E-state index in [-0.39, 0.29) is 17.9 Å². The van der Waals surface area contributed by atoms with Crippen LogP contribution >= 0.6 is 11.6 Å². The van der Waals surface area contributed by atoms with E-state index in [1.54, 1.807) is 7.11 Å². The molecule has 4 nitrogen and oxygen atoms in total. The summed E-state index contributed by atoms with van der Waals surface area (Å²) in [6, 6.07) is 7.46. The van der Waals surface area contributed by atoms with Crippen molar-refractivity contribution in [2.45, 2.75) is 6.10 Å². The smallest absolute Gasteiger partial charge is 0.225 e. The SMILES string of the molecule is COC(CNC(=O)C1CNC1)c1ccc(Cl)cc1. The number of hydrogen-bond donors (Lipinski definition) is 2. The molecule has 1 unspecified atom stereocenters. The second-order valence-corrected chi connectivity index (χ2v) is 4.81. The first kappa shape index (κ1) is 13.3. The zero-order valence-electron chi connectivity index (χ0n) is 10.3. The van der Waals surface area contributed by atoms with E-state index in [0.717, 1.165) is 18.7 Å². The van der Waals surface area contributed by atoms with Crippen molar-refractivity contribution in [3.05, 3.63) is 34.9 Å². The van der Waals surface area contributed by atoms with Gasteiger partial charge in [-0.1, -0.05) is 23.7 Å². The lowest BCUT2D eigenvalue weighted by atomic mass is 10.0. The maximum atomic E-state index is 11.7. The molecule has 0 aliphatic carbocycles. The predicted octanol–water partition coefficient (Wildman–Crippen LogP) is 1.36. The number of carbonyl (C=O) groups is 1. The van der Waals surface area contributed by atoms with Gasteiger partial charge in [-0.05, 0) is 17.7 Å². The molecule has 0 saturated carbocycles. The summed E-state index contributed by atoms with van der Waals surface area (Å²) < 4.78 is 5.38. The van der Waals surface area contributed by atoms with Gasteiger partial charge in [0.25, 0.3) is 0 Å². The average molecular weight is 269 g/mol. The lowest BCUT2D eigenvalue weighted by Gasteiger charge is -2.26. The molecule has 0 spiro atoms. The molecule has 1 heterocycles. The minimum Gasteiger partial charge on any atom is -0.375 e. The standard InChI is InChI=1S/C13H17ClN2O2/c1-18-12(9-2-4-11(14)5-3-9)8-16-13(17)10-6-15-7-10/h2-5,10,12,15H,6-8H2,1H3,(H,16,17). The van der Waals surface area contributed by atoms with Crippen molar-refractivity contribution in [1.82, 2.24) is 10.6 Å².